The van der Waals surface area contributed by atoms with E-state index in [1.165, 1.54) is 30.0 Å². The van der Waals surface area contributed by atoms with E-state index in [0.29, 0.717) is 11.3 Å². The van der Waals surface area contributed by atoms with Crippen LogP contribution in [-0.4, -0.2) is 24.9 Å². The minimum atomic E-state index is -0.490. The molecule has 0 heterocycles. The number of rotatable bonds is 5. The van der Waals surface area contributed by atoms with Gasteiger partial charge in [-0.05, 0) is 30.3 Å². The van der Waals surface area contributed by atoms with Gasteiger partial charge in [0.05, 0.1) is 11.3 Å². The van der Waals surface area contributed by atoms with Crippen molar-refractivity contribution in [1.82, 2.24) is 5.32 Å². The van der Waals surface area contributed by atoms with Crippen molar-refractivity contribution in [1.29, 1.82) is 5.26 Å². The summed E-state index contributed by atoms with van der Waals surface area (Å²) in [4.78, 5) is 25.3. The first-order chi connectivity index (χ1) is 11.5. The molecule has 2 aromatic carbocycles. The molecule has 2 aromatic rings. The van der Waals surface area contributed by atoms with Crippen molar-refractivity contribution in [2.45, 2.75) is 6.92 Å². The Morgan fingerprint density at radius 3 is 2.62 bits per heavy atom. The monoisotopic (exact) mass is 325 g/mol. The van der Waals surface area contributed by atoms with Crippen LogP contribution in [0.3, 0.4) is 0 Å². The quantitative estimate of drug-likeness (QED) is 0.918. The number of hydrogen-bond acceptors (Lipinski definition) is 3. The molecule has 0 saturated heterocycles. The van der Waals surface area contributed by atoms with Gasteiger partial charge in [-0.3, -0.25) is 9.59 Å². The Kier molecular flexibility index (Phi) is 5.63. The first-order valence-electron chi connectivity index (χ1n) is 7.34. The first kappa shape index (κ1) is 17.2. The fourth-order valence-electron chi connectivity index (χ4n) is 2.26. The van der Waals surface area contributed by atoms with Crippen molar-refractivity contribution in [3.63, 3.8) is 0 Å². The van der Waals surface area contributed by atoms with E-state index in [2.05, 4.69) is 5.32 Å². The summed E-state index contributed by atoms with van der Waals surface area (Å²) in [5.41, 5.74) is 1.08. The standard InChI is InChI=1S/C18H16FN3O2/c1-13(23)22(17-8-3-2-5-15(17)12-20)10-9-21-18(24)14-6-4-7-16(19)11-14/h2-8,11H,9-10H2,1H3,(H,21,24). The maximum Gasteiger partial charge on any atom is 0.251 e. The molecule has 0 atom stereocenters. The topological polar surface area (TPSA) is 73.2 Å². The van der Waals surface area contributed by atoms with Crippen LogP contribution in [0.5, 0.6) is 0 Å². The summed E-state index contributed by atoms with van der Waals surface area (Å²) >= 11 is 0. The van der Waals surface area contributed by atoms with Gasteiger partial charge in [0.25, 0.3) is 5.91 Å². The van der Waals surface area contributed by atoms with Crippen LogP contribution >= 0.6 is 0 Å². The van der Waals surface area contributed by atoms with Crippen LogP contribution in [0, 0.1) is 17.1 Å². The van der Waals surface area contributed by atoms with Crippen molar-refractivity contribution < 1.29 is 14.0 Å². The van der Waals surface area contributed by atoms with E-state index in [1.807, 2.05) is 6.07 Å². The van der Waals surface area contributed by atoms with Gasteiger partial charge < -0.3 is 10.2 Å². The van der Waals surface area contributed by atoms with Gasteiger partial charge in [0.1, 0.15) is 11.9 Å². The molecule has 0 aliphatic heterocycles. The third-order valence-corrected chi connectivity index (χ3v) is 3.40. The summed E-state index contributed by atoms with van der Waals surface area (Å²) in [5.74, 6) is -1.15. The molecular weight excluding hydrogens is 309 g/mol. The molecule has 2 rings (SSSR count). The predicted molar refractivity (Wildman–Crippen MR) is 87.9 cm³/mol. The van der Waals surface area contributed by atoms with Crippen LogP contribution < -0.4 is 10.2 Å². The number of carbonyl (C=O) groups excluding carboxylic acids is 2. The summed E-state index contributed by atoms with van der Waals surface area (Å²) in [5, 5.41) is 11.8. The van der Waals surface area contributed by atoms with Crippen LogP contribution in [0.2, 0.25) is 0 Å². The average Bonchev–Trinajstić information content (AvgIpc) is 2.58. The van der Waals surface area contributed by atoms with Crippen LogP contribution in [0.1, 0.15) is 22.8 Å². The highest BCUT2D eigenvalue weighted by Crippen LogP contribution is 2.19. The SMILES string of the molecule is CC(=O)N(CCNC(=O)c1cccc(F)c1)c1ccccc1C#N. The van der Waals surface area contributed by atoms with Crippen LogP contribution in [0.15, 0.2) is 48.5 Å². The van der Waals surface area contributed by atoms with Crippen LogP contribution in [0.25, 0.3) is 0 Å². The molecule has 6 heteroatoms. The summed E-state index contributed by atoms with van der Waals surface area (Å²) in [6.07, 6.45) is 0. The van der Waals surface area contributed by atoms with E-state index in [4.69, 9.17) is 5.26 Å². The zero-order chi connectivity index (χ0) is 17.5. The molecule has 0 unspecified atom stereocenters. The minimum absolute atomic E-state index is 0.175. The predicted octanol–water partition coefficient (Wildman–Crippen LogP) is 2.48. The van der Waals surface area contributed by atoms with Gasteiger partial charge in [-0.25, -0.2) is 4.39 Å². The number of nitrogens with one attached hydrogen (secondary N) is 1. The molecule has 0 fully saturated rings. The number of para-hydroxylation sites is 1. The summed E-state index contributed by atoms with van der Waals surface area (Å²) in [7, 11) is 0. The zero-order valence-corrected chi connectivity index (χ0v) is 13.1. The average molecular weight is 325 g/mol. The molecule has 0 aliphatic rings. The molecule has 24 heavy (non-hydrogen) atoms. The van der Waals surface area contributed by atoms with E-state index in [9.17, 15) is 14.0 Å². The smallest absolute Gasteiger partial charge is 0.251 e. The fraction of sp³-hybridized carbons (Fsp3) is 0.167. The molecule has 0 aromatic heterocycles. The third kappa shape index (κ3) is 4.17. The number of amides is 2. The molecule has 0 aliphatic carbocycles. The van der Waals surface area contributed by atoms with E-state index in [-0.39, 0.29) is 24.6 Å². The van der Waals surface area contributed by atoms with Gasteiger partial charge in [-0.2, -0.15) is 5.26 Å². The fourth-order valence-corrected chi connectivity index (χ4v) is 2.26. The Bertz CT molecular complexity index is 799. The van der Waals surface area contributed by atoms with Gasteiger partial charge >= 0.3 is 0 Å². The van der Waals surface area contributed by atoms with E-state index in [0.717, 1.165) is 6.07 Å². The number of nitrogens with zero attached hydrogens (tertiary/aromatic N) is 2. The van der Waals surface area contributed by atoms with Crippen LogP contribution in [-0.2, 0) is 4.79 Å². The highest BCUT2D eigenvalue weighted by atomic mass is 19.1. The molecule has 122 valence electrons. The van der Waals surface area contributed by atoms with Crippen molar-refractivity contribution in [3.8, 4) is 6.07 Å². The third-order valence-electron chi connectivity index (χ3n) is 3.40. The molecule has 5 nitrogen and oxygen atoms in total. The first-order valence-corrected chi connectivity index (χ1v) is 7.34. The molecule has 0 bridgehead atoms. The van der Waals surface area contributed by atoms with Crippen LogP contribution in [0.4, 0.5) is 10.1 Å². The zero-order valence-electron chi connectivity index (χ0n) is 13.1. The molecule has 0 radical (unpaired) electrons. The maximum absolute atomic E-state index is 13.1. The second-order valence-electron chi connectivity index (χ2n) is 5.07. The van der Waals surface area contributed by atoms with Crippen molar-refractivity contribution >= 4 is 17.5 Å². The molecular formula is C18H16FN3O2. The molecule has 1 N–H and O–H groups in total. The number of carbonyl (C=O) groups is 2. The van der Waals surface area contributed by atoms with Crippen molar-refractivity contribution in [2.75, 3.05) is 18.0 Å². The molecule has 0 spiro atoms. The number of anilines is 1. The van der Waals surface area contributed by atoms with Crippen molar-refractivity contribution in [2.24, 2.45) is 0 Å². The number of nitriles is 1. The Hall–Kier alpha value is -3.20. The number of hydrogen-bond donors (Lipinski definition) is 1. The summed E-state index contributed by atoms with van der Waals surface area (Å²) in [6.45, 7) is 1.77. The van der Waals surface area contributed by atoms with Gasteiger partial charge in [-0.15, -0.1) is 0 Å². The number of halogens is 1. The van der Waals surface area contributed by atoms with E-state index < -0.39 is 11.7 Å². The second-order valence-corrected chi connectivity index (χ2v) is 5.07. The number of benzene rings is 2. The molecule has 2 amide bonds. The van der Waals surface area contributed by atoms with Crippen molar-refractivity contribution in [3.05, 3.63) is 65.5 Å². The Morgan fingerprint density at radius 1 is 1.21 bits per heavy atom. The van der Waals surface area contributed by atoms with Gasteiger partial charge in [0, 0.05) is 25.6 Å². The minimum Gasteiger partial charge on any atom is -0.350 e. The highest BCUT2D eigenvalue weighted by molar-refractivity contribution is 5.95. The Balaban J connectivity index is 2.04. The lowest BCUT2D eigenvalue weighted by atomic mass is 10.1. The Labute approximate surface area is 139 Å². The lowest BCUT2D eigenvalue weighted by Crippen LogP contribution is -2.38. The van der Waals surface area contributed by atoms with E-state index >= 15 is 0 Å². The van der Waals surface area contributed by atoms with Gasteiger partial charge in [-0.1, -0.05) is 18.2 Å². The summed E-state index contributed by atoms with van der Waals surface area (Å²) in [6, 6.07) is 14.1. The maximum atomic E-state index is 13.1. The van der Waals surface area contributed by atoms with E-state index in [1.54, 1.807) is 24.3 Å². The second kappa shape index (κ2) is 7.88. The lowest BCUT2D eigenvalue weighted by molar-refractivity contribution is -0.116. The largest absolute Gasteiger partial charge is 0.350 e. The normalized spacial score (nSPS) is 9.88. The lowest BCUT2D eigenvalue weighted by Gasteiger charge is -2.22. The Morgan fingerprint density at radius 2 is 1.96 bits per heavy atom. The van der Waals surface area contributed by atoms with Gasteiger partial charge in [0.15, 0.2) is 0 Å². The summed E-state index contributed by atoms with van der Waals surface area (Å²) < 4.78 is 13.1. The highest BCUT2D eigenvalue weighted by Gasteiger charge is 2.15. The molecule has 0 saturated carbocycles. The van der Waals surface area contributed by atoms with Gasteiger partial charge in [0.2, 0.25) is 5.91 Å².